The molecule has 0 amide bonds. The van der Waals surface area contributed by atoms with Crippen molar-refractivity contribution in [3.63, 3.8) is 0 Å². The highest BCUT2D eigenvalue weighted by molar-refractivity contribution is 5.42. The third kappa shape index (κ3) is 5.00. The van der Waals surface area contributed by atoms with E-state index in [4.69, 9.17) is 20.9 Å². The van der Waals surface area contributed by atoms with Crippen LogP contribution in [0.15, 0.2) is 18.2 Å². The Balaban J connectivity index is 0.000000673. The summed E-state index contributed by atoms with van der Waals surface area (Å²) in [6.45, 7) is 3.30. The third-order valence-electron chi connectivity index (χ3n) is 1.88. The molecule has 16 heavy (non-hydrogen) atoms. The molecule has 4 heteroatoms. The summed E-state index contributed by atoms with van der Waals surface area (Å²) in [4.78, 5) is 0. The molecule has 4 N–H and O–H groups in total. The summed E-state index contributed by atoms with van der Waals surface area (Å²) >= 11 is 0. The van der Waals surface area contributed by atoms with Crippen LogP contribution in [0, 0.1) is 0 Å². The molecule has 0 aliphatic carbocycles. The zero-order valence-corrected chi connectivity index (χ0v) is 10.3. The number of benzene rings is 1. The van der Waals surface area contributed by atoms with Gasteiger partial charge in [0.2, 0.25) is 0 Å². The van der Waals surface area contributed by atoms with Crippen molar-refractivity contribution in [3.05, 3.63) is 23.8 Å². The van der Waals surface area contributed by atoms with E-state index in [0.717, 1.165) is 24.5 Å². The predicted molar refractivity (Wildman–Crippen MR) is 67.0 cm³/mol. The van der Waals surface area contributed by atoms with Crippen LogP contribution >= 0.6 is 0 Å². The van der Waals surface area contributed by atoms with Gasteiger partial charge in [-0.15, -0.1) is 0 Å². The first-order chi connectivity index (χ1) is 7.73. The van der Waals surface area contributed by atoms with Crippen molar-refractivity contribution in [1.82, 2.24) is 0 Å². The first kappa shape index (κ1) is 14.7. The predicted octanol–water partition coefficient (Wildman–Crippen LogP) is 1.17. The fourth-order valence-corrected chi connectivity index (χ4v) is 1.20. The van der Waals surface area contributed by atoms with Gasteiger partial charge < -0.3 is 20.9 Å². The first-order valence-corrected chi connectivity index (χ1v) is 5.34. The molecule has 0 bridgehead atoms. The van der Waals surface area contributed by atoms with Crippen molar-refractivity contribution < 1.29 is 9.47 Å². The van der Waals surface area contributed by atoms with Crippen LogP contribution in [-0.4, -0.2) is 27.3 Å². The zero-order valence-electron chi connectivity index (χ0n) is 10.3. The Kier molecular flexibility index (Phi) is 8.29. The van der Waals surface area contributed by atoms with Crippen molar-refractivity contribution in [3.8, 4) is 11.5 Å². The number of rotatable bonds is 4. The zero-order chi connectivity index (χ0) is 12.4. The minimum atomic E-state index is 0.648. The van der Waals surface area contributed by atoms with Gasteiger partial charge in [-0.05, 0) is 37.2 Å². The molecule has 0 aliphatic heterocycles. The molecular weight excluding hydrogens is 204 g/mol. The Morgan fingerprint density at radius 2 is 1.62 bits per heavy atom. The van der Waals surface area contributed by atoms with E-state index in [9.17, 15) is 0 Å². The van der Waals surface area contributed by atoms with Gasteiger partial charge in [-0.25, -0.2) is 0 Å². The highest BCUT2D eigenvalue weighted by atomic mass is 16.5. The Labute approximate surface area is 97.5 Å². The maximum Gasteiger partial charge on any atom is 0.160 e. The second-order valence-electron chi connectivity index (χ2n) is 3.14. The fourth-order valence-electron chi connectivity index (χ4n) is 1.20. The van der Waals surface area contributed by atoms with E-state index >= 15 is 0 Å². The fraction of sp³-hybridized carbons (Fsp3) is 0.500. The molecule has 1 aromatic rings. The monoisotopic (exact) mass is 226 g/mol. The minimum absolute atomic E-state index is 0.648. The molecule has 0 saturated heterocycles. The van der Waals surface area contributed by atoms with E-state index < -0.39 is 0 Å². The van der Waals surface area contributed by atoms with Gasteiger partial charge in [0.15, 0.2) is 11.5 Å². The lowest BCUT2D eigenvalue weighted by Gasteiger charge is -2.08. The van der Waals surface area contributed by atoms with Crippen LogP contribution in [0.1, 0.15) is 12.5 Å². The van der Waals surface area contributed by atoms with Crippen LogP contribution in [0.5, 0.6) is 11.5 Å². The van der Waals surface area contributed by atoms with Gasteiger partial charge in [-0.3, -0.25) is 0 Å². The normalized spacial score (nSPS) is 9.06. The standard InChI is InChI=1S/C10H15NO2.C2H7N/c1-12-9-4-3-8(5-6-11)7-10(9)13-2;1-2-3/h3-4,7H,5-6,11H2,1-2H3;2-3H2,1H3. The molecule has 0 atom stereocenters. The molecule has 0 unspecified atom stereocenters. The number of hydrogen-bond donors (Lipinski definition) is 2. The number of methoxy groups -OCH3 is 2. The highest BCUT2D eigenvalue weighted by Crippen LogP contribution is 2.27. The minimum Gasteiger partial charge on any atom is -0.493 e. The maximum absolute atomic E-state index is 5.45. The second kappa shape index (κ2) is 9.00. The SMILES string of the molecule is CCN.COc1ccc(CCN)cc1OC. The Bertz CT molecular complexity index is 290. The summed E-state index contributed by atoms with van der Waals surface area (Å²) in [5.41, 5.74) is 11.5. The summed E-state index contributed by atoms with van der Waals surface area (Å²) in [5, 5.41) is 0. The summed E-state index contributed by atoms with van der Waals surface area (Å²) < 4.78 is 10.3. The van der Waals surface area contributed by atoms with Crippen LogP contribution in [-0.2, 0) is 6.42 Å². The molecule has 0 fully saturated rings. The van der Waals surface area contributed by atoms with Crippen molar-refractivity contribution in [2.45, 2.75) is 13.3 Å². The lowest BCUT2D eigenvalue weighted by Crippen LogP contribution is -2.03. The summed E-state index contributed by atoms with van der Waals surface area (Å²) in [6.07, 6.45) is 0.861. The van der Waals surface area contributed by atoms with Crippen molar-refractivity contribution in [2.24, 2.45) is 11.5 Å². The Morgan fingerprint density at radius 3 is 2.06 bits per heavy atom. The van der Waals surface area contributed by atoms with Crippen molar-refractivity contribution in [2.75, 3.05) is 27.3 Å². The van der Waals surface area contributed by atoms with Crippen LogP contribution in [0.2, 0.25) is 0 Å². The van der Waals surface area contributed by atoms with Gasteiger partial charge in [-0.2, -0.15) is 0 Å². The van der Waals surface area contributed by atoms with Gasteiger partial charge in [0.1, 0.15) is 0 Å². The third-order valence-corrected chi connectivity index (χ3v) is 1.88. The lowest BCUT2D eigenvalue weighted by molar-refractivity contribution is 0.354. The van der Waals surface area contributed by atoms with Gasteiger partial charge in [0, 0.05) is 0 Å². The van der Waals surface area contributed by atoms with Crippen LogP contribution < -0.4 is 20.9 Å². The smallest absolute Gasteiger partial charge is 0.160 e. The molecule has 1 rings (SSSR count). The average Bonchev–Trinajstić information content (AvgIpc) is 2.30. The van der Waals surface area contributed by atoms with Crippen LogP contribution in [0.3, 0.4) is 0 Å². The largest absolute Gasteiger partial charge is 0.493 e. The molecule has 0 heterocycles. The maximum atomic E-state index is 5.45. The Hall–Kier alpha value is -1.26. The van der Waals surface area contributed by atoms with Gasteiger partial charge in [0.25, 0.3) is 0 Å². The van der Waals surface area contributed by atoms with E-state index in [1.54, 1.807) is 14.2 Å². The van der Waals surface area contributed by atoms with Crippen LogP contribution in [0.4, 0.5) is 0 Å². The van der Waals surface area contributed by atoms with Gasteiger partial charge >= 0.3 is 0 Å². The van der Waals surface area contributed by atoms with E-state index in [1.165, 1.54) is 5.56 Å². The molecule has 1 aromatic carbocycles. The molecule has 0 radical (unpaired) electrons. The summed E-state index contributed by atoms with van der Waals surface area (Å²) in [7, 11) is 3.25. The van der Waals surface area contributed by atoms with Crippen molar-refractivity contribution >= 4 is 0 Å². The summed E-state index contributed by atoms with van der Waals surface area (Å²) in [5.74, 6) is 1.51. The number of nitrogens with two attached hydrogens (primary N) is 2. The van der Waals surface area contributed by atoms with E-state index in [0.29, 0.717) is 6.54 Å². The second-order valence-corrected chi connectivity index (χ2v) is 3.14. The van der Waals surface area contributed by atoms with Gasteiger partial charge in [0.05, 0.1) is 14.2 Å². The lowest BCUT2D eigenvalue weighted by atomic mass is 10.1. The molecule has 92 valence electrons. The van der Waals surface area contributed by atoms with E-state index in [-0.39, 0.29) is 0 Å². The summed E-state index contributed by atoms with van der Waals surface area (Å²) in [6, 6.07) is 5.84. The van der Waals surface area contributed by atoms with Crippen LogP contribution in [0.25, 0.3) is 0 Å². The van der Waals surface area contributed by atoms with E-state index in [1.807, 2.05) is 25.1 Å². The molecule has 4 nitrogen and oxygen atoms in total. The van der Waals surface area contributed by atoms with Crippen molar-refractivity contribution in [1.29, 1.82) is 0 Å². The average molecular weight is 226 g/mol. The molecule has 0 aliphatic rings. The topological polar surface area (TPSA) is 70.5 Å². The molecule has 0 aromatic heterocycles. The Morgan fingerprint density at radius 1 is 1.06 bits per heavy atom. The first-order valence-electron chi connectivity index (χ1n) is 5.34. The van der Waals surface area contributed by atoms with E-state index in [2.05, 4.69) is 0 Å². The van der Waals surface area contributed by atoms with Gasteiger partial charge in [-0.1, -0.05) is 13.0 Å². The number of ether oxygens (including phenoxy) is 2. The molecule has 0 saturated carbocycles. The quantitative estimate of drug-likeness (QED) is 0.808. The highest BCUT2D eigenvalue weighted by Gasteiger charge is 2.03. The number of hydrogen-bond acceptors (Lipinski definition) is 4. The molecule has 0 spiro atoms. The molecular formula is C12H22N2O2.